The van der Waals surface area contributed by atoms with Crippen molar-refractivity contribution in [2.45, 2.75) is 13.0 Å². The van der Waals surface area contributed by atoms with E-state index in [2.05, 4.69) is 4.98 Å². The van der Waals surface area contributed by atoms with Crippen molar-refractivity contribution < 1.29 is 19.1 Å². The molecule has 20 heavy (non-hydrogen) atoms. The van der Waals surface area contributed by atoms with E-state index in [-0.39, 0.29) is 18.9 Å². The highest BCUT2D eigenvalue weighted by Crippen LogP contribution is 2.21. The SMILES string of the molecule is O=C(O)C1CC(=O)N(Cc2ccc3[nH]c(=O)oc3c2)C1. The predicted octanol–water partition coefficient (Wildman–Crippen LogP) is 0.554. The van der Waals surface area contributed by atoms with Gasteiger partial charge in [0.15, 0.2) is 5.58 Å². The number of carboxylic acid groups (broad SMARTS) is 1. The fourth-order valence-electron chi connectivity index (χ4n) is 2.40. The molecule has 0 bridgehead atoms. The number of rotatable bonds is 3. The zero-order chi connectivity index (χ0) is 14.3. The molecule has 1 saturated heterocycles. The van der Waals surface area contributed by atoms with Crippen LogP contribution in [0.25, 0.3) is 11.1 Å². The minimum absolute atomic E-state index is 0.0385. The lowest BCUT2D eigenvalue weighted by Gasteiger charge is -2.15. The molecule has 1 aromatic carbocycles. The summed E-state index contributed by atoms with van der Waals surface area (Å²) < 4.78 is 4.95. The summed E-state index contributed by atoms with van der Waals surface area (Å²) in [6.45, 7) is 0.525. The van der Waals surface area contributed by atoms with Crippen molar-refractivity contribution in [1.82, 2.24) is 9.88 Å². The topological polar surface area (TPSA) is 104 Å². The summed E-state index contributed by atoms with van der Waals surface area (Å²) in [5.41, 5.74) is 1.81. The first-order valence-electron chi connectivity index (χ1n) is 6.15. The number of aromatic nitrogens is 1. The van der Waals surface area contributed by atoms with Crippen LogP contribution >= 0.6 is 0 Å². The lowest BCUT2D eigenvalue weighted by molar-refractivity contribution is -0.141. The number of amides is 1. The van der Waals surface area contributed by atoms with Crippen LogP contribution in [0, 0.1) is 5.92 Å². The van der Waals surface area contributed by atoms with Crippen molar-refractivity contribution in [2.75, 3.05) is 6.54 Å². The molecule has 0 radical (unpaired) electrons. The Bertz CT molecular complexity index is 745. The number of fused-ring (bicyclic) bond motifs is 1. The molecule has 1 atom stereocenters. The molecule has 1 fully saturated rings. The van der Waals surface area contributed by atoms with E-state index in [4.69, 9.17) is 9.52 Å². The van der Waals surface area contributed by atoms with E-state index >= 15 is 0 Å². The molecule has 0 saturated carbocycles. The Kier molecular flexibility index (Phi) is 2.81. The summed E-state index contributed by atoms with van der Waals surface area (Å²) in [4.78, 5) is 37.7. The van der Waals surface area contributed by atoms with E-state index in [0.29, 0.717) is 17.6 Å². The van der Waals surface area contributed by atoms with Crippen LogP contribution in [0.5, 0.6) is 0 Å². The molecule has 1 aliphatic heterocycles. The monoisotopic (exact) mass is 276 g/mol. The largest absolute Gasteiger partial charge is 0.481 e. The van der Waals surface area contributed by atoms with E-state index in [1.807, 2.05) is 0 Å². The van der Waals surface area contributed by atoms with Gasteiger partial charge in [-0.1, -0.05) is 6.07 Å². The molecule has 7 heteroatoms. The summed E-state index contributed by atoms with van der Waals surface area (Å²) in [7, 11) is 0. The molecule has 1 unspecified atom stereocenters. The van der Waals surface area contributed by atoms with E-state index in [9.17, 15) is 14.4 Å². The quantitative estimate of drug-likeness (QED) is 0.852. The van der Waals surface area contributed by atoms with Crippen molar-refractivity contribution in [3.8, 4) is 0 Å². The van der Waals surface area contributed by atoms with Gasteiger partial charge in [-0.3, -0.25) is 14.6 Å². The fourth-order valence-corrected chi connectivity index (χ4v) is 2.40. The highest BCUT2D eigenvalue weighted by molar-refractivity contribution is 5.86. The number of aromatic amines is 1. The first-order valence-corrected chi connectivity index (χ1v) is 6.15. The smallest absolute Gasteiger partial charge is 0.417 e. The lowest BCUT2D eigenvalue weighted by Crippen LogP contribution is -2.25. The van der Waals surface area contributed by atoms with Gasteiger partial charge in [0.05, 0.1) is 11.4 Å². The van der Waals surface area contributed by atoms with Crippen LogP contribution in [0.15, 0.2) is 27.4 Å². The molecule has 7 nitrogen and oxygen atoms in total. The standard InChI is InChI=1S/C13H12N2O5/c16-11-4-8(12(17)18)6-15(11)5-7-1-2-9-10(3-7)20-13(19)14-9/h1-3,8H,4-6H2,(H,14,19)(H,17,18). The maximum Gasteiger partial charge on any atom is 0.417 e. The summed E-state index contributed by atoms with van der Waals surface area (Å²) in [5.74, 6) is -2.29. The Morgan fingerprint density at radius 3 is 2.95 bits per heavy atom. The van der Waals surface area contributed by atoms with Crippen LogP contribution in [0.4, 0.5) is 0 Å². The van der Waals surface area contributed by atoms with Crippen molar-refractivity contribution >= 4 is 23.0 Å². The van der Waals surface area contributed by atoms with Gasteiger partial charge in [0.2, 0.25) is 5.91 Å². The van der Waals surface area contributed by atoms with Gasteiger partial charge >= 0.3 is 11.7 Å². The maximum absolute atomic E-state index is 11.7. The van der Waals surface area contributed by atoms with E-state index < -0.39 is 17.6 Å². The second-order valence-corrected chi connectivity index (χ2v) is 4.86. The third kappa shape index (κ3) is 2.18. The molecular weight excluding hydrogens is 264 g/mol. The Morgan fingerprint density at radius 2 is 2.25 bits per heavy atom. The lowest BCUT2D eigenvalue weighted by atomic mass is 10.1. The predicted molar refractivity (Wildman–Crippen MR) is 68.0 cm³/mol. The number of nitrogens with zero attached hydrogens (tertiary/aromatic N) is 1. The van der Waals surface area contributed by atoms with Crippen LogP contribution in [0.1, 0.15) is 12.0 Å². The van der Waals surface area contributed by atoms with E-state index in [0.717, 1.165) is 5.56 Å². The average molecular weight is 276 g/mol. The molecule has 104 valence electrons. The first kappa shape index (κ1) is 12.5. The highest BCUT2D eigenvalue weighted by Gasteiger charge is 2.34. The van der Waals surface area contributed by atoms with Gasteiger partial charge in [0, 0.05) is 19.5 Å². The van der Waals surface area contributed by atoms with Crippen molar-refractivity contribution in [3.63, 3.8) is 0 Å². The van der Waals surface area contributed by atoms with Gasteiger partial charge < -0.3 is 14.4 Å². The number of benzene rings is 1. The minimum atomic E-state index is -0.951. The molecular formula is C13H12N2O5. The molecule has 2 heterocycles. The number of hydrogen-bond donors (Lipinski definition) is 2. The van der Waals surface area contributed by atoms with Gasteiger partial charge in [0.1, 0.15) is 0 Å². The van der Waals surface area contributed by atoms with Crippen LogP contribution < -0.4 is 5.76 Å². The Hall–Kier alpha value is -2.57. The van der Waals surface area contributed by atoms with Gasteiger partial charge in [-0.2, -0.15) is 0 Å². The highest BCUT2D eigenvalue weighted by atomic mass is 16.4. The number of oxazole rings is 1. The molecule has 2 aromatic rings. The number of carbonyl (C=O) groups is 2. The van der Waals surface area contributed by atoms with Crippen molar-refractivity contribution in [3.05, 3.63) is 34.3 Å². The molecule has 3 rings (SSSR count). The van der Waals surface area contributed by atoms with Gasteiger partial charge in [0.25, 0.3) is 0 Å². The fraction of sp³-hybridized carbons (Fsp3) is 0.308. The Balaban J connectivity index is 1.81. The first-order chi connectivity index (χ1) is 9.52. The van der Waals surface area contributed by atoms with Crippen LogP contribution in [-0.2, 0) is 16.1 Å². The normalized spacial score (nSPS) is 18.9. The zero-order valence-electron chi connectivity index (χ0n) is 10.5. The molecule has 1 aliphatic rings. The van der Waals surface area contributed by atoms with Crippen molar-refractivity contribution in [1.29, 1.82) is 0 Å². The molecule has 0 spiro atoms. The van der Waals surface area contributed by atoms with Crippen LogP contribution in [0.2, 0.25) is 0 Å². The summed E-state index contributed by atoms with van der Waals surface area (Å²) in [5, 5.41) is 8.93. The van der Waals surface area contributed by atoms with Gasteiger partial charge in [-0.05, 0) is 17.7 Å². The minimum Gasteiger partial charge on any atom is -0.481 e. The second kappa shape index (κ2) is 4.52. The van der Waals surface area contributed by atoms with Gasteiger partial charge in [-0.15, -0.1) is 0 Å². The van der Waals surface area contributed by atoms with Crippen LogP contribution in [-0.4, -0.2) is 33.4 Å². The molecule has 0 aliphatic carbocycles. The molecule has 2 N–H and O–H groups in total. The number of carboxylic acids is 1. The summed E-state index contributed by atoms with van der Waals surface area (Å²) in [6.07, 6.45) is 0.0385. The van der Waals surface area contributed by atoms with Crippen LogP contribution in [0.3, 0.4) is 0 Å². The van der Waals surface area contributed by atoms with Crippen molar-refractivity contribution in [2.24, 2.45) is 5.92 Å². The van der Waals surface area contributed by atoms with E-state index in [1.54, 1.807) is 18.2 Å². The van der Waals surface area contributed by atoms with E-state index in [1.165, 1.54) is 4.90 Å². The number of carbonyl (C=O) groups excluding carboxylic acids is 1. The zero-order valence-corrected chi connectivity index (χ0v) is 10.5. The average Bonchev–Trinajstić information content (AvgIpc) is 2.92. The number of likely N-dealkylation sites (tertiary alicyclic amines) is 1. The number of nitrogens with one attached hydrogen (secondary N) is 1. The van der Waals surface area contributed by atoms with Gasteiger partial charge in [-0.25, -0.2) is 4.79 Å². The molecule has 1 amide bonds. The third-order valence-corrected chi connectivity index (χ3v) is 3.42. The Morgan fingerprint density at radius 1 is 1.45 bits per heavy atom. The summed E-state index contributed by atoms with van der Waals surface area (Å²) >= 11 is 0. The maximum atomic E-state index is 11.7. The molecule has 1 aromatic heterocycles. The Labute approximate surface area is 112 Å². The summed E-state index contributed by atoms with van der Waals surface area (Å²) in [6, 6.07) is 5.15. The number of hydrogen-bond acceptors (Lipinski definition) is 4. The third-order valence-electron chi connectivity index (χ3n) is 3.42. The number of H-pyrrole nitrogens is 1. The second-order valence-electron chi connectivity index (χ2n) is 4.86. The number of aliphatic carboxylic acids is 1.